The van der Waals surface area contributed by atoms with Crippen LogP contribution in [-0.2, 0) is 40.4 Å². The summed E-state index contributed by atoms with van der Waals surface area (Å²) in [4.78, 5) is 54.3. The van der Waals surface area contributed by atoms with Crippen LogP contribution in [0.2, 0.25) is 0 Å². The van der Waals surface area contributed by atoms with E-state index in [0.717, 1.165) is 22.9 Å². The Morgan fingerprint density at radius 1 is 1.07 bits per heavy atom. The average molecular weight is 652 g/mol. The Morgan fingerprint density at radius 2 is 1.69 bits per heavy atom. The van der Waals surface area contributed by atoms with Crippen molar-refractivity contribution in [1.82, 2.24) is 25.1 Å². The van der Waals surface area contributed by atoms with Crippen LogP contribution in [0.25, 0.3) is 0 Å². The number of rotatable bonds is 10. The smallest absolute Gasteiger partial charge is 0.331 e. The van der Waals surface area contributed by atoms with E-state index in [1.807, 2.05) is 60.7 Å². The van der Waals surface area contributed by atoms with Crippen LogP contribution in [-0.4, -0.2) is 83.0 Å². The first-order valence-corrected chi connectivity index (χ1v) is 16.0. The first-order chi connectivity index (χ1) is 21.4. The molecular weight excluding hydrogens is 619 g/mol. The Kier molecular flexibility index (Phi) is 9.35. The molecule has 5 rings (SSSR count). The first kappa shape index (κ1) is 32.2. The monoisotopic (exact) mass is 651 g/mol. The SMILES string of the molecule is Cn1nnnc1SCC(=O)OC[C@]1(C)SC2/C(=C\C(=O)OC(C)(C)C)C(=O)N2[C@H]1C(=O)OC(c1ccccc1)c1ccccc1. The van der Waals surface area contributed by atoms with Gasteiger partial charge in [0.25, 0.3) is 5.91 Å². The Balaban J connectivity index is 1.40. The van der Waals surface area contributed by atoms with Gasteiger partial charge in [-0.05, 0) is 49.2 Å². The molecule has 14 heteroatoms. The normalized spacial score (nSPS) is 21.8. The van der Waals surface area contributed by atoms with Gasteiger partial charge in [0.2, 0.25) is 5.16 Å². The number of amides is 1. The van der Waals surface area contributed by atoms with Crippen molar-refractivity contribution < 1.29 is 33.4 Å². The van der Waals surface area contributed by atoms with Gasteiger partial charge in [0.1, 0.15) is 23.6 Å². The van der Waals surface area contributed by atoms with Gasteiger partial charge in [-0.2, -0.15) is 0 Å². The predicted octanol–water partition coefficient (Wildman–Crippen LogP) is 3.49. The lowest BCUT2D eigenvalue weighted by molar-refractivity contribution is -0.162. The minimum atomic E-state index is -1.12. The van der Waals surface area contributed by atoms with Gasteiger partial charge in [-0.15, -0.1) is 16.9 Å². The van der Waals surface area contributed by atoms with E-state index in [9.17, 15) is 19.2 Å². The Bertz CT molecular complexity index is 1570. The second kappa shape index (κ2) is 13.1. The zero-order valence-electron chi connectivity index (χ0n) is 25.4. The standard InChI is InChI=1S/C31H33N5O7S2/c1-30(2,3)43-22(37)16-21-26(39)36-25(28(40)42-24(19-12-8-6-9-13-19)20-14-10-7-11-15-20)31(4,45-27(21)36)18-41-23(38)17-44-29-32-33-34-35(29)5/h6-16,24-25,27H,17-18H2,1-5H3/b21-16-/t25-,27?,31-/m0/s1. The van der Waals surface area contributed by atoms with E-state index < -0.39 is 51.7 Å². The van der Waals surface area contributed by atoms with Crippen LogP contribution in [0, 0.1) is 0 Å². The molecule has 12 nitrogen and oxygen atoms in total. The number of aromatic nitrogens is 4. The molecule has 2 saturated heterocycles. The molecular formula is C31H33N5O7S2. The largest absolute Gasteiger partial charge is 0.463 e. The van der Waals surface area contributed by atoms with Gasteiger partial charge in [-0.3, -0.25) is 9.59 Å². The Morgan fingerprint density at radius 3 is 2.24 bits per heavy atom. The number of hydrogen-bond acceptors (Lipinski definition) is 12. The number of tetrazole rings is 1. The van der Waals surface area contributed by atoms with Gasteiger partial charge >= 0.3 is 17.9 Å². The van der Waals surface area contributed by atoms with Crippen molar-refractivity contribution in [2.75, 3.05) is 12.4 Å². The molecule has 0 bridgehead atoms. The maximum Gasteiger partial charge on any atom is 0.331 e. The molecule has 236 valence electrons. The van der Waals surface area contributed by atoms with Crippen LogP contribution in [0.5, 0.6) is 0 Å². The lowest BCUT2D eigenvalue weighted by atomic mass is 9.94. The number of aryl methyl sites for hydroxylation is 1. The molecule has 2 aliphatic rings. The minimum Gasteiger partial charge on any atom is -0.463 e. The third-order valence-corrected chi connectivity index (χ3v) is 9.57. The summed E-state index contributed by atoms with van der Waals surface area (Å²) < 4.78 is 17.5. The van der Waals surface area contributed by atoms with Gasteiger partial charge in [0, 0.05) is 13.1 Å². The number of ether oxygens (including phenoxy) is 3. The third kappa shape index (κ3) is 7.22. The van der Waals surface area contributed by atoms with Crippen molar-refractivity contribution >= 4 is 47.3 Å². The second-order valence-electron chi connectivity index (χ2n) is 11.7. The average Bonchev–Trinajstić information content (AvgIpc) is 3.54. The molecule has 1 aromatic heterocycles. The van der Waals surface area contributed by atoms with Gasteiger partial charge < -0.3 is 19.1 Å². The summed E-state index contributed by atoms with van der Waals surface area (Å²) in [6.07, 6.45) is 0.421. The molecule has 2 fully saturated rings. The highest BCUT2D eigenvalue weighted by molar-refractivity contribution is 8.02. The number of benzene rings is 2. The number of esters is 3. The van der Waals surface area contributed by atoms with Crippen LogP contribution in [0.4, 0.5) is 0 Å². The molecule has 0 aliphatic carbocycles. The molecule has 1 unspecified atom stereocenters. The van der Waals surface area contributed by atoms with Crippen molar-refractivity contribution in [3.8, 4) is 0 Å². The highest BCUT2D eigenvalue weighted by Gasteiger charge is 2.64. The number of fused-ring (bicyclic) bond motifs is 1. The van der Waals surface area contributed by atoms with E-state index in [1.54, 1.807) is 34.7 Å². The summed E-state index contributed by atoms with van der Waals surface area (Å²) in [6, 6.07) is 17.5. The first-order valence-electron chi connectivity index (χ1n) is 14.1. The van der Waals surface area contributed by atoms with E-state index >= 15 is 0 Å². The van der Waals surface area contributed by atoms with E-state index in [0.29, 0.717) is 5.16 Å². The molecule has 0 radical (unpaired) electrons. The molecule has 3 aromatic rings. The maximum absolute atomic E-state index is 14.1. The molecule has 1 amide bonds. The van der Waals surface area contributed by atoms with Crippen LogP contribution in [0.1, 0.15) is 44.9 Å². The maximum atomic E-state index is 14.1. The van der Waals surface area contributed by atoms with Crippen LogP contribution < -0.4 is 0 Å². The van der Waals surface area contributed by atoms with Gasteiger partial charge in [-0.1, -0.05) is 72.4 Å². The number of carbonyl (C=O) groups excluding carboxylic acids is 4. The lowest BCUT2D eigenvalue weighted by Gasteiger charge is -2.40. The summed E-state index contributed by atoms with van der Waals surface area (Å²) in [5, 5.41) is 10.9. The summed E-state index contributed by atoms with van der Waals surface area (Å²) >= 11 is 2.37. The van der Waals surface area contributed by atoms with Crippen molar-refractivity contribution in [3.63, 3.8) is 0 Å². The summed E-state index contributed by atoms with van der Waals surface area (Å²) in [5.41, 5.74) is 0.961. The van der Waals surface area contributed by atoms with Crippen molar-refractivity contribution in [2.24, 2.45) is 7.05 Å². The highest BCUT2D eigenvalue weighted by atomic mass is 32.2. The molecule has 0 spiro atoms. The zero-order valence-corrected chi connectivity index (χ0v) is 27.0. The summed E-state index contributed by atoms with van der Waals surface area (Å²) in [5.74, 6) is -2.42. The molecule has 3 atom stereocenters. The van der Waals surface area contributed by atoms with E-state index in [1.165, 1.54) is 27.4 Å². The van der Waals surface area contributed by atoms with Crippen molar-refractivity contribution in [3.05, 3.63) is 83.4 Å². The quantitative estimate of drug-likeness (QED) is 0.104. The van der Waals surface area contributed by atoms with E-state index in [2.05, 4.69) is 15.5 Å². The lowest BCUT2D eigenvalue weighted by Crippen LogP contribution is -2.60. The number of nitrogens with zero attached hydrogens (tertiary/aromatic N) is 5. The van der Waals surface area contributed by atoms with E-state index in [-0.39, 0.29) is 17.9 Å². The van der Waals surface area contributed by atoms with Gasteiger partial charge in [0.15, 0.2) is 6.10 Å². The van der Waals surface area contributed by atoms with Crippen LogP contribution in [0.15, 0.2) is 77.5 Å². The Hall–Kier alpha value is -4.17. The summed E-state index contributed by atoms with van der Waals surface area (Å²) in [7, 11) is 1.65. The molecule has 2 aromatic carbocycles. The fraction of sp³-hybridized carbons (Fsp3) is 0.387. The summed E-state index contributed by atoms with van der Waals surface area (Å²) in [6.45, 7) is 6.74. The zero-order chi connectivity index (χ0) is 32.4. The molecule has 45 heavy (non-hydrogen) atoms. The molecule has 0 saturated carbocycles. The number of thioether (sulfide) groups is 2. The second-order valence-corrected chi connectivity index (χ2v) is 14.3. The van der Waals surface area contributed by atoms with Crippen LogP contribution in [0.3, 0.4) is 0 Å². The molecule has 2 aliphatic heterocycles. The van der Waals surface area contributed by atoms with Gasteiger partial charge in [0.05, 0.1) is 16.1 Å². The van der Waals surface area contributed by atoms with Gasteiger partial charge in [-0.25, -0.2) is 14.3 Å². The molecule has 3 heterocycles. The number of carbonyl (C=O) groups is 4. The fourth-order valence-electron chi connectivity index (χ4n) is 5.00. The fourth-order valence-corrected chi connectivity index (χ4v) is 7.25. The highest BCUT2D eigenvalue weighted by Crippen LogP contribution is 2.54. The van der Waals surface area contributed by atoms with E-state index in [4.69, 9.17) is 14.2 Å². The predicted molar refractivity (Wildman–Crippen MR) is 166 cm³/mol. The molecule has 0 N–H and O–H groups in total. The minimum absolute atomic E-state index is 0.0654. The topological polar surface area (TPSA) is 143 Å². The van der Waals surface area contributed by atoms with Crippen molar-refractivity contribution in [2.45, 2.75) is 60.7 Å². The third-order valence-electron chi connectivity index (χ3n) is 7.00. The Labute approximate surface area is 268 Å². The number of hydrogen-bond donors (Lipinski definition) is 0. The number of β-lactam (4-membered cyclic amide) rings is 1. The van der Waals surface area contributed by atoms with Crippen LogP contribution >= 0.6 is 23.5 Å². The van der Waals surface area contributed by atoms with Crippen molar-refractivity contribution in [1.29, 1.82) is 0 Å².